The molecular weight excluding hydrogens is 234 g/mol. The summed E-state index contributed by atoms with van der Waals surface area (Å²) in [6.07, 6.45) is 7.94. The third-order valence-electron chi connectivity index (χ3n) is 3.39. The van der Waals surface area contributed by atoms with Crippen molar-refractivity contribution in [1.29, 1.82) is 0 Å². The smallest absolute Gasteiger partial charge is 0.0761 e. The van der Waals surface area contributed by atoms with E-state index >= 15 is 0 Å². The highest BCUT2D eigenvalue weighted by molar-refractivity contribution is 5.23. The largest absolute Gasteiger partial charge is 0.389 e. The topological polar surface area (TPSA) is 33.1 Å². The van der Waals surface area contributed by atoms with E-state index in [0.717, 1.165) is 18.4 Å². The molecule has 0 aliphatic heterocycles. The van der Waals surface area contributed by atoms with E-state index in [-0.39, 0.29) is 6.10 Å². The van der Waals surface area contributed by atoms with Crippen molar-refractivity contribution < 1.29 is 5.11 Å². The zero-order valence-corrected chi connectivity index (χ0v) is 11.4. The molecule has 0 aliphatic carbocycles. The molecule has 0 bridgehead atoms. The SMILES string of the molecule is CC(O)c1ccc(CCCCc2ccncc2)cc1. The number of unbranched alkanes of at least 4 members (excludes halogenated alkanes) is 1. The van der Waals surface area contributed by atoms with Crippen molar-refractivity contribution in [2.24, 2.45) is 0 Å². The molecule has 1 aromatic carbocycles. The Balaban J connectivity index is 1.74. The molecule has 2 heteroatoms. The monoisotopic (exact) mass is 255 g/mol. The van der Waals surface area contributed by atoms with Crippen LogP contribution in [0.15, 0.2) is 48.8 Å². The van der Waals surface area contributed by atoms with Crippen molar-refractivity contribution in [2.45, 2.75) is 38.7 Å². The quantitative estimate of drug-likeness (QED) is 0.798. The molecule has 1 aromatic heterocycles. The minimum absolute atomic E-state index is 0.374. The van der Waals surface area contributed by atoms with Gasteiger partial charge in [0.25, 0.3) is 0 Å². The van der Waals surface area contributed by atoms with Crippen LogP contribution in [0.4, 0.5) is 0 Å². The number of hydrogen-bond donors (Lipinski definition) is 1. The molecule has 19 heavy (non-hydrogen) atoms. The number of aliphatic hydroxyl groups is 1. The molecule has 0 radical (unpaired) electrons. The summed E-state index contributed by atoms with van der Waals surface area (Å²) >= 11 is 0. The van der Waals surface area contributed by atoms with Crippen molar-refractivity contribution in [3.8, 4) is 0 Å². The maximum absolute atomic E-state index is 9.45. The third kappa shape index (κ3) is 4.49. The van der Waals surface area contributed by atoms with Crippen LogP contribution in [0.3, 0.4) is 0 Å². The van der Waals surface area contributed by atoms with Gasteiger partial charge in [0.1, 0.15) is 0 Å². The van der Waals surface area contributed by atoms with Crippen molar-refractivity contribution in [2.75, 3.05) is 0 Å². The Labute approximate surface area is 115 Å². The lowest BCUT2D eigenvalue weighted by molar-refractivity contribution is 0.199. The normalized spacial score (nSPS) is 12.3. The van der Waals surface area contributed by atoms with Crippen LogP contribution in [0, 0.1) is 0 Å². The lowest BCUT2D eigenvalue weighted by Gasteiger charge is -2.06. The van der Waals surface area contributed by atoms with Gasteiger partial charge in [0.05, 0.1) is 6.10 Å². The number of aryl methyl sites for hydroxylation is 2. The third-order valence-corrected chi connectivity index (χ3v) is 3.39. The fraction of sp³-hybridized carbons (Fsp3) is 0.353. The summed E-state index contributed by atoms with van der Waals surface area (Å²) in [4.78, 5) is 4.02. The average molecular weight is 255 g/mol. The fourth-order valence-electron chi connectivity index (χ4n) is 2.17. The Bertz CT molecular complexity index is 476. The Morgan fingerprint density at radius 1 is 0.895 bits per heavy atom. The molecule has 1 heterocycles. The molecule has 2 nitrogen and oxygen atoms in total. The van der Waals surface area contributed by atoms with Crippen molar-refractivity contribution in [1.82, 2.24) is 4.98 Å². The molecule has 0 amide bonds. The second-order valence-electron chi connectivity index (χ2n) is 4.98. The lowest BCUT2D eigenvalue weighted by atomic mass is 10.0. The van der Waals surface area contributed by atoms with E-state index in [0.29, 0.717) is 0 Å². The Morgan fingerprint density at radius 2 is 1.42 bits per heavy atom. The molecule has 1 unspecified atom stereocenters. The zero-order valence-electron chi connectivity index (χ0n) is 11.4. The van der Waals surface area contributed by atoms with Gasteiger partial charge in [0.15, 0.2) is 0 Å². The van der Waals surface area contributed by atoms with E-state index in [4.69, 9.17) is 0 Å². The van der Waals surface area contributed by atoms with E-state index in [9.17, 15) is 5.11 Å². The van der Waals surface area contributed by atoms with Gasteiger partial charge in [-0.2, -0.15) is 0 Å². The molecule has 1 N–H and O–H groups in total. The van der Waals surface area contributed by atoms with Crippen LogP contribution in [-0.4, -0.2) is 10.1 Å². The van der Waals surface area contributed by atoms with Crippen LogP contribution >= 0.6 is 0 Å². The molecule has 0 fully saturated rings. The molecule has 0 spiro atoms. The number of hydrogen-bond acceptors (Lipinski definition) is 2. The minimum atomic E-state index is -0.374. The molecular formula is C17H21NO. The van der Waals surface area contributed by atoms with Crippen molar-refractivity contribution in [3.63, 3.8) is 0 Å². The van der Waals surface area contributed by atoms with Crippen LogP contribution in [-0.2, 0) is 12.8 Å². The average Bonchev–Trinajstić information content (AvgIpc) is 2.45. The summed E-state index contributed by atoms with van der Waals surface area (Å²) in [5.74, 6) is 0. The van der Waals surface area contributed by atoms with Crippen molar-refractivity contribution >= 4 is 0 Å². The standard InChI is InChI=1S/C17H21NO/c1-14(19)17-8-6-15(7-9-17)4-2-3-5-16-10-12-18-13-11-16/h6-14,19H,2-5H2,1H3. The predicted molar refractivity (Wildman–Crippen MR) is 78.0 cm³/mol. The van der Waals surface area contributed by atoms with Gasteiger partial charge in [-0.25, -0.2) is 0 Å². The van der Waals surface area contributed by atoms with Gasteiger partial charge in [0, 0.05) is 12.4 Å². The Hall–Kier alpha value is -1.67. The van der Waals surface area contributed by atoms with Gasteiger partial charge in [-0.15, -0.1) is 0 Å². The summed E-state index contributed by atoms with van der Waals surface area (Å²) in [6.45, 7) is 1.80. The van der Waals surface area contributed by atoms with Gasteiger partial charge in [-0.05, 0) is 61.4 Å². The van der Waals surface area contributed by atoms with Crippen LogP contribution < -0.4 is 0 Å². The van der Waals surface area contributed by atoms with Gasteiger partial charge in [-0.3, -0.25) is 4.98 Å². The van der Waals surface area contributed by atoms with Gasteiger partial charge >= 0.3 is 0 Å². The molecule has 0 saturated carbocycles. The number of pyridine rings is 1. The fourth-order valence-corrected chi connectivity index (χ4v) is 2.17. The highest BCUT2D eigenvalue weighted by Crippen LogP contribution is 2.14. The first kappa shape index (κ1) is 13.8. The van der Waals surface area contributed by atoms with E-state index < -0.39 is 0 Å². The highest BCUT2D eigenvalue weighted by atomic mass is 16.3. The summed E-state index contributed by atoms with van der Waals surface area (Å²) in [7, 11) is 0. The van der Waals surface area contributed by atoms with E-state index in [2.05, 4.69) is 29.2 Å². The van der Waals surface area contributed by atoms with E-state index in [1.54, 1.807) is 6.92 Å². The van der Waals surface area contributed by atoms with Gasteiger partial charge < -0.3 is 5.11 Å². The molecule has 0 aliphatic rings. The highest BCUT2D eigenvalue weighted by Gasteiger charge is 2.00. The summed E-state index contributed by atoms with van der Waals surface area (Å²) in [5, 5.41) is 9.45. The lowest BCUT2D eigenvalue weighted by Crippen LogP contribution is -1.93. The Morgan fingerprint density at radius 3 is 1.95 bits per heavy atom. The molecule has 100 valence electrons. The number of rotatable bonds is 6. The second kappa shape index (κ2) is 7.05. The maximum Gasteiger partial charge on any atom is 0.0761 e. The first-order chi connectivity index (χ1) is 9.25. The van der Waals surface area contributed by atoms with Crippen LogP contribution in [0.5, 0.6) is 0 Å². The number of nitrogens with zero attached hydrogens (tertiary/aromatic N) is 1. The first-order valence-electron chi connectivity index (χ1n) is 6.91. The zero-order chi connectivity index (χ0) is 13.5. The first-order valence-corrected chi connectivity index (χ1v) is 6.91. The van der Waals surface area contributed by atoms with Gasteiger partial charge in [-0.1, -0.05) is 24.3 Å². The second-order valence-corrected chi connectivity index (χ2v) is 4.98. The van der Waals surface area contributed by atoms with Gasteiger partial charge in [0.2, 0.25) is 0 Å². The predicted octanol–water partition coefficient (Wildman–Crippen LogP) is 3.70. The summed E-state index contributed by atoms with van der Waals surface area (Å²) in [5.41, 5.74) is 3.69. The van der Waals surface area contributed by atoms with Crippen LogP contribution in [0.1, 0.15) is 42.6 Å². The molecule has 0 saturated heterocycles. The van der Waals surface area contributed by atoms with E-state index in [1.165, 1.54) is 24.0 Å². The summed E-state index contributed by atoms with van der Waals surface area (Å²) < 4.78 is 0. The summed E-state index contributed by atoms with van der Waals surface area (Å²) in [6, 6.07) is 12.4. The number of aliphatic hydroxyl groups excluding tert-OH is 1. The van der Waals surface area contributed by atoms with Crippen LogP contribution in [0.2, 0.25) is 0 Å². The molecule has 1 atom stereocenters. The Kier molecular flexibility index (Phi) is 5.10. The van der Waals surface area contributed by atoms with Crippen LogP contribution in [0.25, 0.3) is 0 Å². The minimum Gasteiger partial charge on any atom is -0.389 e. The number of aromatic nitrogens is 1. The maximum atomic E-state index is 9.45. The van der Waals surface area contributed by atoms with Crippen molar-refractivity contribution in [3.05, 3.63) is 65.5 Å². The molecule has 2 rings (SSSR count). The number of benzene rings is 1. The van der Waals surface area contributed by atoms with E-state index in [1.807, 2.05) is 24.5 Å². The molecule has 2 aromatic rings.